The topological polar surface area (TPSA) is 163 Å². The average molecular weight is 585 g/mol. The van der Waals surface area contributed by atoms with E-state index in [1.165, 1.54) is 11.0 Å². The van der Waals surface area contributed by atoms with E-state index >= 15 is 0 Å². The van der Waals surface area contributed by atoms with Crippen molar-refractivity contribution in [2.45, 2.75) is 52.2 Å². The quantitative estimate of drug-likeness (QED) is 0.333. The highest BCUT2D eigenvalue weighted by molar-refractivity contribution is 5.97. The maximum absolute atomic E-state index is 13.6. The Bertz CT molecular complexity index is 1230. The van der Waals surface area contributed by atoms with Crippen LogP contribution in [0.2, 0.25) is 0 Å². The first-order chi connectivity index (χ1) is 20.0. The normalized spacial score (nSPS) is 14.1. The fraction of sp³-hybridized carbons (Fsp3) is 0.517. The second kappa shape index (κ2) is 15.1. The van der Waals surface area contributed by atoms with Crippen LogP contribution in [0.1, 0.15) is 51.0 Å². The van der Waals surface area contributed by atoms with E-state index < -0.39 is 29.6 Å². The largest absolute Gasteiger partial charge is 0.460 e. The van der Waals surface area contributed by atoms with Gasteiger partial charge in [-0.2, -0.15) is 0 Å². The minimum absolute atomic E-state index is 0.00379. The van der Waals surface area contributed by atoms with Crippen LogP contribution in [0.4, 0.5) is 10.6 Å². The smallest absolute Gasteiger partial charge is 0.409 e. The molecule has 1 atom stereocenters. The van der Waals surface area contributed by atoms with Crippen LogP contribution in [-0.2, 0) is 19.1 Å². The highest BCUT2D eigenvalue weighted by atomic mass is 16.6. The molecule has 1 unspecified atom stereocenters. The number of rotatable bonds is 11. The summed E-state index contributed by atoms with van der Waals surface area (Å²) in [6, 6.07) is 9.47. The highest BCUT2D eigenvalue weighted by Gasteiger charge is 2.32. The molecule has 0 aliphatic carbocycles. The predicted octanol–water partition coefficient (Wildman–Crippen LogP) is 2.07. The fourth-order valence-electron chi connectivity index (χ4n) is 4.24. The van der Waals surface area contributed by atoms with E-state index in [0.717, 1.165) is 0 Å². The van der Waals surface area contributed by atoms with Crippen LogP contribution in [-0.4, -0.2) is 106 Å². The molecule has 3 N–H and O–H groups in total. The van der Waals surface area contributed by atoms with Crippen molar-refractivity contribution >= 4 is 29.7 Å². The Hall–Kier alpha value is -4.26. The van der Waals surface area contributed by atoms with Crippen molar-refractivity contribution in [2.24, 2.45) is 0 Å². The summed E-state index contributed by atoms with van der Waals surface area (Å²) >= 11 is 0. The molecule has 3 rings (SSSR count). The average Bonchev–Trinajstić information content (AvgIpc) is 2.97. The van der Waals surface area contributed by atoms with Crippen LogP contribution < -0.4 is 10.6 Å². The lowest BCUT2D eigenvalue weighted by molar-refractivity contribution is -0.155. The highest BCUT2D eigenvalue weighted by Crippen LogP contribution is 2.19. The zero-order chi connectivity index (χ0) is 30.7. The van der Waals surface area contributed by atoms with Gasteiger partial charge >= 0.3 is 12.1 Å². The molecule has 228 valence electrons. The van der Waals surface area contributed by atoms with Crippen molar-refractivity contribution in [1.82, 2.24) is 25.1 Å². The molecule has 3 amide bonds. The number of piperazine rings is 1. The van der Waals surface area contributed by atoms with Gasteiger partial charge in [-0.3, -0.25) is 14.4 Å². The van der Waals surface area contributed by atoms with Crippen LogP contribution >= 0.6 is 0 Å². The summed E-state index contributed by atoms with van der Waals surface area (Å²) in [6.45, 7) is 8.35. The third-order valence-corrected chi connectivity index (χ3v) is 6.19. The summed E-state index contributed by atoms with van der Waals surface area (Å²) in [5, 5.41) is 15.0. The molecule has 1 aliphatic rings. The van der Waals surface area contributed by atoms with Crippen molar-refractivity contribution in [1.29, 1.82) is 0 Å². The summed E-state index contributed by atoms with van der Waals surface area (Å²) in [6.07, 6.45) is -0.536. The lowest BCUT2D eigenvalue weighted by atomic mass is 10.1. The molecule has 2 heterocycles. The SMILES string of the molecule is CCOC(=O)N1CCN(C(=O)C(CCC(=O)OC(C)(C)C)NC(=O)c2cc(NCCO)nc(-c3ccccc3)n2)CC1. The van der Waals surface area contributed by atoms with Gasteiger partial charge in [-0.1, -0.05) is 30.3 Å². The maximum Gasteiger partial charge on any atom is 0.409 e. The molecular weight excluding hydrogens is 544 g/mol. The van der Waals surface area contributed by atoms with Gasteiger partial charge in [-0.25, -0.2) is 14.8 Å². The molecule has 1 fully saturated rings. The van der Waals surface area contributed by atoms with Crippen molar-refractivity contribution < 1.29 is 33.8 Å². The van der Waals surface area contributed by atoms with Crippen molar-refractivity contribution in [3.05, 3.63) is 42.1 Å². The molecule has 0 spiro atoms. The zero-order valence-electron chi connectivity index (χ0n) is 24.6. The summed E-state index contributed by atoms with van der Waals surface area (Å²) in [5.74, 6) is -0.892. The van der Waals surface area contributed by atoms with Crippen molar-refractivity contribution in [2.75, 3.05) is 51.3 Å². The predicted molar refractivity (Wildman–Crippen MR) is 155 cm³/mol. The van der Waals surface area contributed by atoms with Crippen LogP contribution in [0.25, 0.3) is 11.4 Å². The molecule has 2 aromatic rings. The molecule has 1 aromatic heterocycles. The number of hydrogen-bond acceptors (Lipinski definition) is 10. The van der Waals surface area contributed by atoms with Gasteiger partial charge in [0, 0.05) is 50.8 Å². The van der Waals surface area contributed by atoms with E-state index in [2.05, 4.69) is 20.6 Å². The summed E-state index contributed by atoms with van der Waals surface area (Å²) in [4.78, 5) is 63.6. The van der Waals surface area contributed by atoms with E-state index in [4.69, 9.17) is 9.47 Å². The minimum atomic E-state index is -1.05. The first-order valence-corrected chi connectivity index (χ1v) is 14.0. The summed E-state index contributed by atoms with van der Waals surface area (Å²) in [5.41, 5.74) is -0.0153. The second-order valence-corrected chi connectivity index (χ2v) is 10.6. The van der Waals surface area contributed by atoms with Gasteiger partial charge in [0.2, 0.25) is 5.91 Å². The van der Waals surface area contributed by atoms with Crippen LogP contribution in [0.5, 0.6) is 0 Å². The lowest BCUT2D eigenvalue weighted by Gasteiger charge is -2.36. The van der Waals surface area contributed by atoms with E-state index in [9.17, 15) is 24.3 Å². The molecule has 42 heavy (non-hydrogen) atoms. The Labute approximate surface area is 245 Å². The van der Waals surface area contributed by atoms with Gasteiger partial charge in [-0.05, 0) is 34.1 Å². The zero-order valence-corrected chi connectivity index (χ0v) is 24.6. The fourth-order valence-corrected chi connectivity index (χ4v) is 4.24. The summed E-state index contributed by atoms with van der Waals surface area (Å²) in [7, 11) is 0. The van der Waals surface area contributed by atoms with Gasteiger partial charge in [0.1, 0.15) is 23.2 Å². The second-order valence-electron chi connectivity index (χ2n) is 10.6. The number of carbonyl (C=O) groups excluding carboxylic acids is 4. The number of aliphatic hydroxyl groups excluding tert-OH is 1. The molecule has 0 radical (unpaired) electrons. The molecular formula is C29H40N6O7. The monoisotopic (exact) mass is 584 g/mol. The number of aromatic nitrogens is 2. The molecule has 0 bridgehead atoms. The first kappa shape index (κ1) is 32.3. The molecule has 1 saturated heterocycles. The summed E-state index contributed by atoms with van der Waals surface area (Å²) < 4.78 is 10.5. The molecule has 0 saturated carbocycles. The maximum atomic E-state index is 13.6. The van der Waals surface area contributed by atoms with E-state index in [-0.39, 0.29) is 76.2 Å². The third kappa shape index (κ3) is 9.68. The number of benzene rings is 1. The van der Waals surface area contributed by atoms with E-state index in [1.807, 2.05) is 18.2 Å². The Kier molecular flexibility index (Phi) is 11.6. The standard InChI is InChI=1S/C29H40N6O7/c1-5-41-28(40)35-16-14-34(15-17-35)27(39)21(11-12-24(37)42-29(2,3)4)32-26(38)22-19-23(30-13-18-36)33-25(31-22)20-9-7-6-8-10-20/h6-10,19,21,36H,5,11-18H2,1-4H3,(H,32,38)(H,30,31,33). The Morgan fingerprint density at radius 3 is 2.31 bits per heavy atom. The van der Waals surface area contributed by atoms with Gasteiger partial charge in [-0.15, -0.1) is 0 Å². The van der Waals surface area contributed by atoms with Gasteiger partial charge in [0.15, 0.2) is 5.82 Å². The van der Waals surface area contributed by atoms with Crippen molar-refractivity contribution in [3.63, 3.8) is 0 Å². The number of carbonyl (C=O) groups is 4. The van der Waals surface area contributed by atoms with Gasteiger partial charge in [0.25, 0.3) is 5.91 Å². The van der Waals surface area contributed by atoms with E-state index in [1.54, 1.807) is 44.7 Å². The molecule has 13 nitrogen and oxygen atoms in total. The van der Waals surface area contributed by atoms with Crippen LogP contribution in [0, 0.1) is 0 Å². The number of esters is 1. The molecule has 1 aromatic carbocycles. The van der Waals surface area contributed by atoms with Crippen LogP contribution in [0.3, 0.4) is 0 Å². The minimum Gasteiger partial charge on any atom is -0.460 e. The number of nitrogens with one attached hydrogen (secondary N) is 2. The molecule has 13 heteroatoms. The van der Waals surface area contributed by atoms with Gasteiger partial charge in [0.05, 0.1) is 13.2 Å². The number of hydrogen-bond donors (Lipinski definition) is 3. The number of amides is 3. The third-order valence-electron chi connectivity index (χ3n) is 6.19. The van der Waals surface area contributed by atoms with E-state index in [0.29, 0.717) is 11.4 Å². The molecule has 1 aliphatic heterocycles. The number of aliphatic hydroxyl groups is 1. The lowest BCUT2D eigenvalue weighted by Crippen LogP contribution is -2.56. The Morgan fingerprint density at radius 2 is 1.69 bits per heavy atom. The van der Waals surface area contributed by atoms with Crippen molar-refractivity contribution in [3.8, 4) is 11.4 Å². The van der Waals surface area contributed by atoms with Crippen LogP contribution in [0.15, 0.2) is 36.4 Å². The van der Waals surface area contributed by atoms with Gasteiger partial charge < -0.3 is 35.0 Å². The Morgan fingerprint density at radius 1 is 1.02 bits per heavy atom. The number of nitrogens with zero attached hydrogens (tertiary/aromatic N) is 4. The Balaban J connectivity index is 1.81. The number of ether oxygens (including phenoxy) is 2. The first-order valence-electron chi connectivity index (χ1n) is 14.0. The number of anilines is 1.